The second-order valence-electron chi connectivity index (χ2n) is 5.40. The van der Waals surface area contributed by atoms with E-state index < -0.39 is 5.97 Å². The van der Waals surface area contributed by atoms with Gasteiger partial charge in [-0.2, -0.15) is 0 Å². The molecular formula is C17H24O6. The van der Waals surface area contributed by atoms with E-state index in [4.69, 9.17) is 18.9 Å². The highest BCUT2D eigenvalue weighted by Crippen LogP contribution is 2.37. The van der Waals surface area contributed by atoms with E-state index >= 15 is 0 Å². The Bertz CT molecular complexity index is 502. The third-order valence-corrected chi connectivity index (χ3v) is 2.94. The van der Waals surface area contributed by atoms with Crippen LogP contribution in [-0.4, -0.2) is 32.8 Å². The number of para-hydroxylation sites is 1. The first-order valence-electron chi connectivity index (χ1n) is 7.55. The van der Waals surface area contributed by atoms with Crippen molar-refractivity contribution in [2.24, 2.45) is 5.92 Å². The molecule has 1 aromatic rings. The number of carbonyl (C=O) groups is 2. The van der Waals surface area contributed by atoms with Gasteiger partial charge < -0.3 is 18.9 Å². The first-order valence-corrected chi connectivity index (χ1v) is 7.55. The van der Waals surface area contributed by atoms with Crippen LogP contribution in [0.15, 0.2) is 18.2 Å². The summed E-state index contributed by atoms with van der Waals surface area (Å²) in [6.45, 7) is 4.32. The fourth-order valence-corrected chi connectivity index (χ4v) is 1.79. The van der Waals surface area contributed by atoms with Crippen LogP contribution in [0.4, 0.5) is 0 Å². The van der Waals surface area contributed by atoms with Gasteiger partial charge in [0, 0.05) is 12.8 Å². The van der Waals surface area contributed by atoms with Crippen molar-refractivity contribution in [3.8, 4) is 17.2 Å². The van der Waals surface area contributed by atoms with Gasteiger partial charge in [0.25, 0.3) is 0 Å². The minimum atomic E-state index is -0.454. The Morgan fingerprint density at radius 3 is 2.09 bits per heavy atom. The topological polar surface area (TPSA) is 71.1 Å². The molecule has 0 amide bonds. The Morgan fingerprint density at radius 2 is 1.57 bits per heavy atom. The molecule has 0 heterocycles. The van der Waals surface area contributed by atoms with E-state index in [9.17, 15) is 9.59 Å². The molecule has 0 saturated heterocycles. The third kappa shape index (κ3) is 6.59. The van der Waals surface area contributed by atoms with E-state index in [1.807, 2.05) is 13.8 Å². The molecule has 1 rings (SSSR count). The average molecular weight is 324 g/mol. The highest BCUT2D eigenvalue weighted by Gasteiger charge is 2.16. The summed E-state index contributed by atoms with van der Waals surface area (Å²) in [5.41, 5.74) is 0. The molecule has 0 aliphatic heterocycles. The van der Waals surface area contributed by atoms with Gasteiger partial charge in [0.15, 0.2) is 11.5 Å². The number of benzene rings is 1. The number of carbonyl (C=O) groups excluding carboxylic acids is 2. The van der Waals surface area contributed by atoms with Crippen molar-refractivity contribution in [3.05, 3.63) is 18.2 Å². The molecule has 0 aliphatic rings. The van der Waals surface area contributed by atoms with Gasteiger partial charge in [0.05, 0.1) is 20.8 Å². The lowest BCUT2D eigenvalue weighted by Crippen LogP contribution is -2.12. The van der Waals surface area contributed by atoms with Crippen LogP contribution in [0, 0.1) is 5.92 Å². The Kier molecular flexibility index (Phi) is 7.94. The van der Waals surface area contributed by atoms with Crippen molar-refractivity contribution < 1.29 is 28.5 Å². The van der Waals surface area contributed by atoms with Gasteiger partial charge in [0.1, 0.15) is 0 Å². The van der Waals surface area contributed by atoms with Crippen LogP contribution in [0.3, 0.4) is 0 Å². The molecule has 6 heteroatoms. The summed E-state index contributed by atoms with van der Waals surface area (Å²) in [7, 11) is 2.97. The molecule has 128 valence electrons. The fourth-order valence-electron chi connectivity index (χ4n) is 1.79. The molecule has 0 unspecified atom stereocenters. The maximum atomic E-state index is 11.9. The molecule has 0 aromatic heterocycles. The largest absolute Gasteiger partial charge is 0.493 e. The number of esters is 2. The van der Waals surface area contributed by atoms with Crippen LogP contribution in [0.25, 0.3) is 0 Å². The maximum Gasteiger partial charge on any atom is 0.311 e. The zero-order valence-electron chi connectivity index (χ0n) is 14.1. The predicted octanol–water partition coefficient (Wildman–Crippen LogP) is 2.98. The van der Waals surface area contributed by atoms with Crippen molar-refractivity contribution >= 4 is 11.9 Å². The summed E-state index contributed by atoms with van der Waals surface area (Å²) in [5, 5.41) is 0. The van der Waals surface area contributed by atoms with Crippen molar-refractivity contribution in [1.29, 1.82) is 0 Å². The molecule has 0 spiro atoms. The molecule has 0 radical (unpaired) electrons. The standard InChI is InChI=1S/C17H24O6/c1-12(2)11-22-15(18)9-6-10-16(19)23-17-13(20-3)7-5-8-14(17)21-4/h5,7-8,12H,6,9-11H2,1-4H3. The Balaban J connectivity index is 2.47. The summed E-state index contributed by atoms with van der Waals surface area (Å²) in [6.07, 6.45) is 0.663. The smallest absolute Gasteiger partial charge is 0.311 e. The lowest BCUT2D eigenvalue weighted by atomic mass is 10.2. The van der Waals surface area contributed by atoms with Crippen LogP contribution in [-0.2, 0) is 14.3 Å². The number of methoxy groups -OCH3 is 2. The van der Waals surface area contributed by atoms with Gasteiger partial charge in [0.2, 0.25) is 5.75 Å². The summed E-state index contributed by atoms with van der Waals surface area (Å²) >= 11 is 0. The molecule has 1 aromatic carbocycles. The van der Waals surface area contributed by atoms with E-state index in [0.717, 1.165) is 0 Å². The van der Waals surface area contributed by atoms with Gasteiger partial charge in [-0.3, -0.25) is 9.59 Å². The number of rotatable bonds is 9. The van der Waals surface area contributed by atoms with Crippen molar-refractivity contribution in [1.82, 2.24) is 0 Å². The molecule has 23 heavy (non-hydrogen) atoms. The van der Waals surface area contributed by atoms with Crippen molar-refractivity contribution in [2.45, 2.75) is 33.1 Å². The van der Waals surface area contributed by atoms with E-state index in [0.29, 0.717) is 30.4 Å². The normalized spacial score (nSPS) is 10.3. The quantitative estimate of drug-likeness (QED) is 0.514. The number of ether oxygens (including phenoxy) is 4. The SMILES string of the molecule is COc1cccc(OC)c1OC(=O)CCCC(=O)OCC(C)C. The monoisotopic (exact) mass is 324 g/mol. The molecule has 0 fully saturated rings. The van der Waals surface area contributed by atoms with E-state index in [2.05, 4.69) is 0 Å². The summed E-state index contributed by atoms with van der Waals surface area (Å²) in [6, 6.07) is 5.09. The van der Waals surface area contributed by atoms with Gasteiger partial charge in [-0.25, -0.2) is 0 Å². The lowest BCUT2D eigenvalue weighted by molar-refractivity contribution is -0.145. The Morgan fingerprint density at radius 1 is 1.00 bits per heavy atom. The van der Waals surface area contributed by atoms with Gasteiger partial charge in [-0.05, 0) is 24.5 Å². The highest BCUT2D eigenvalue weighted by atomic mass is 16.6. The third-order valence-electron chi connectivity index (χ3n) is 2.94. The summed E-state index contributed by atoms with van der Waals surface area (Å²) in [5.74, 6) is 0.598. The molecule has 0 atom stereocenters. The highest BCUT2D eigenvalue weighted by molar-refractivity contribution is 5.75. The number of hydrogen-bond donors (Lipinski definition) is 0. The molecule has 0 bridgehead atoms. The zero-order valence-corrected chi connectivity index (χ0v) is 14.1. The van der Waals surface area contributed by atoms with Crippen LogP contribution in [0.5, 0.6) is 17.2 Å². The Labute approximate surface area is 136 Å². The van der Waals surface area contributed by atoms with E-state index in [1.165, 1.54) is 14.2 Å². The van der Waals surface area contributed by atoms with Crippen LogP contribution >= 0.6 is 0 Å². The molecular weight excluding hydrogens is 300 g/mol. The Hall–Kier alpha value is -2.24. The fraction of sp³-hybridized carbons (Fsp3) is 0.529. The second-order valence-corrected chi connectivity index (χ2v) is 5.40. The first-order chi connectivity index (χ1) is 11.0. The summed E-state index contributed by atoms with van der Waals surface area (Å²) in [4.78, 5) is 23.4. The predicted molar refractivity (Wildman–Crippen MR) is 84.8 cm³/mol. The van der Waals surface area contributed by atoms with E-state index in [-0.39, 0.29) is 24.6 Å². The van der Waals surface area contributed by atoms with Crippen molar-refractivity contribution in [2.75, 3.05) is 20.8 Å². The van der Waals surface area contributed by atoms with E-state index in [1.54, 1.807) is 18.2 Å². The molecule has 6 nitrogen and oxygen atoms in total. The van der Waals surface area contributed by atoms with Crippen LogP contribution in [0.2, 0.25) is 0 Å². The zero-order chi connectivity index (χ0) is 17.2. The van der Waals surface area contributed by atoms with Crippen LogP contribution in [0.1, 0.15) is 33.1 Å². The minimum absolute atomic E-state index is 0.109. The van der Waals surface area contributed by atoms with Crippen molar-refractivity contribution in [3.63, 3.8) is 0 Å². The molecule has 0 aliphatic carbocycles. The average Bonchev–Trinajstić information content (AvgIpc) is 2.53. The molecule has 0 N–H and O–H groups in total. The van der Waals surface area contributed by atoms with Gasteiger partial charge in [-0.15, -0.1) is 0 Å². The first kappa shape index (κ1) is 18.8. The van der Waals surface area contributed by atoms with Gasteiger partial charge >= 0.3 is 11.9 Å². The van der Waals surface area contributed by atoms with Gasteiger partial charge in [-0.1, -0.05) is 19.9 Å². The minimum Gasteiger partial charge on any atom is -0.493 e. The second kappa shape index (κ2) is 9.71. The van der Waals surface area contributed by atoms with Crippen LogP contribution < -0.4 is 14.2 Å². The summed E-state index contributed by atoms with van der Waals surface area (Å²) < 4.78 is 20.7. The molecule has 0 saturated carbocycles. The number of hydrogen-bond acceptors (Lipinski definition) is 6. The lowest BCUT2D eigenvalue weighted by Gasteiger charge is -2.12. The maximum absolute atomic E-state index is 11.9.